The van der Waals surface area contributed by atoms with Gasteiger partial charge in [0.05, 0.1) is 19.9 Å². The molecule has 35 heavy (non-hydrogen) atoms. The van der Waals surface area contributed by atoms with E-state index in [9.17, 15) is 5.11 Å². The van der Waals surface area contributed by atoms with Gasteiger partial charge in [0, 0.05) is 30.1 Å². The largest absolute Gasteiger partial charge is 0.497 e. The van der Waals surface area contributed by atoms with Gasteiger partial charge in [0.2, 0.25) is 0 Å². The summed E-state index contributed by atoms with van der Waals surface area (Å²) in [7, 11) is 3.31. The fourth-order valence-electron chi connectivity index (χ4n) is 5.05. The molecule has 1 saturated heterocycles. The first kappa shape index (κ1) is 23.4. The third-order valence-electron chi connectivity index (χ3n) is 6.96. The van der Waals surface area contributed by atoms with E-state index in [1.54, 1.807) is 25.6 Å². The van der Waals surface area contributed by atoms with Crippen molar-refractivity contribution in [2.24, 2.45) is 5.92 Å². The summed E-state index contributed by atoms with van der Waals surface area (Å²) in [5, 5.41) is 15.2. The van der Waals surface area contributed by atoms with E-state index in [0.29, 0.717) is 0 Å². The molecule has 1 N–H and O–H groups in total. The highest BCUT2D eigenvalue weighted by atomic mass is 32.1. The van der Waals surface area contributed by atoms with Crippen LogP contribution >= 0.6 is 11.3 Å². The van der Waals surface area contributed by atoms with E-state index in [1.807, 2.05) is 78.9 Å². The molecule has 0 saturated carbocycles. The molecule has 1 fully saturated rings. The standard InChI is InChI=1S/C29H30N2O3S/c1-33-24-13-14-25(27(19-24)34-2)26-20-35-28(30-26)31-17-15-23(16-18-31)29(32,21-9-5-3-6-10-21)22-11-7-4-8-12-22/h3-14,19-20,23,32H,15-18H2,1-2H3. The Kier molecular flexibility index (Phi) is 6.75. The first-order valence-electron chi connectivity index (χ1n) is 11.9. The molecule has 180 valence electrons. The Hall–Kier alpha value is -3.35. The van der Waals surface area contributed by atoms with Crippen molar-refractivity contribution in [3.63, 3.8) is 0 Å². The van der Waals surface area contributed by atoms with Crippen LogP contribution in [0.5, 0.6) is 11.5 Å². The fraction of sp³-hybridized carbons (Fsp3) is 0.276. The quantitative estimate of drug-likeness (QED) is 0.348. The summed E-state index contributed by atoms with van der Waals surface area (Å²) >= 11 is 1.65. The number of ether oxygens (including phenoxy) is 2. The molecule has 0 bridgehead atoms. The summed E-state index contributed by atoms with van der Waals surface area (Å²) in [6.07, 6.45) is 1.75. The van der Waals surface area contributed by atoms with Crippen molar-refractivity contribution in [3.8, 4) is 22.8 Å². The van der Waals surface area contributed by atoms with Crippen molar-refractivity contribution in [1.29, 1.82) is 0 Å². The molecule has 1 aliphatic rings. The highest BCUT2D eigenvalue weighted by Gasteiger charge is 2.41. The van der Waals surface area contributed by atoms with E-state index >= 15 is 0 Å². The first-order chi connectivity index (χ1) is 17.1. The molecule has 0 unspecified atom stereocenters. The van der Waals surface area contributed by atoms with Crippen molar-refractivity contribution in [2.75, 3.05) is 32.2 Å². The molecule has 0 atom stereocenters. The van der Waals surface area contributed by atoms with Crippen molar-refractivity contribution in [2.45, 2.75) is 18.4 Å². The molecule has 3 aromatic carbocycles. The number of aliphatic hydroxyl groups is 1. The van der Waals surface area contributed by atoms with Gasteiger partial charge in [0.15, 0.2) is 5.13 Å². The minimum absolute atomic E-state index is 0.115. The third kappa shape index (κ3) is 4.51. The second-order valence-electron chi connectivity index (χ2n) is 8.84. The predicted molar refractivity (Wildman–Crippen MR) is 141 cm³/mol. The van der Waals surface area contributed by atoms with E-state index in [4.69, 9.17) is 14.5 Å². The van der Waals surface area contributed by atoms with Gasteiger partial charge < -0.3 is 19.5 Å². The monoisotopic (exact) mass is 486 g/mol. The molecule has 4 aromatic rings. The summed E-state index contributed by atoms with van der Waals surface area (Å²) in [5.41, 5.74) is 2.74. The summed E-state index contributed by atoms with van der Waals surface area (Å²) in [4.78, 5) is 7.26. The number of methoxy groups -OCH3 is 2. The van der Waals surface area contributed by atoms with E-state index in [2.05, 4.69) is 10.3 Å². The molecular formula is C29H30N2O3S. The van der Waals surface area contributed by atoms with Crippen molar-refractivity contribution < 1.29 is 14.6 Å². The van der Waals surface area contributed by atoms with Crippen LogP contribution in [0.4, 0.5) is 5.13 Å². The summed E-state index contributed by atoms with van der Waals surface area (Å²) in [5.74, 6) is 1.62. The molecule has 0 amide bonds. The molecule has 6 heteroatoms. The molecule has 1 aromatic heterocycles. The normalized spacial score (nSPS) is 14.7. The molecule has 0 spiro atoms. The molecular weight excluding hydrogens is 456 g/mol. The maximum Gasteiger partial charge on any atom is 0.185 e. The van der Waals surface area contributed by atoms with Gasteiger partial charge in [-0.3, -0.25) is 0 Å². The van der Waals surface area contributed by atoms with Crippen LogP contribution in [-0.2, 0) is 5.60 Å². The van der Waals surface area contributed by atoms with Crippen LogP contribution in [0.15, 0.2) is 84.2 Å². The number of anilines is 1. The third-order valence-corrected chi connectivity index (χ3v) is 7.86. The summed E-state index contributed by atoms with van der Waals surface area (Å²) < 4.78 is 10.9. The molecule has 1 aliphatic heterocycles. The molecule has 5 rings (SSSR count). The second kappa shape index (κ2) is 10.1. The van der Waals surface area contributed by atoms with E-state index in [-0.39, 0.29) is 5.92 Å². The average Bonchev–Trinajstić information content (AvgIpc) is 3.43. The Balaban J connectivity index is 1.36. The zero-order chi connectivity index (χ0) is 24.3. The zero-order valence-corrected chi connectivity index (χ0v) is 20.9. The number of rotatable bonds is 7. The molecule has 2 heterocycles. The lowest BCUT2D eigenvalue weighted by Gasteiger charge is -2.42. The lowest BCUT2D eigenvalue weighted by atomic mass is 9.72. The lowest BCUT2D eigenvalue weighted by Crippen LogP contribution is -2.44. The Bertz CT molecular complexity index is 1210. The number of piperidine rings is 1. The van der Waals surface area contributed by atoms with Gasteiger partial charge in [0.1, 0.15) is 17.1 Å². The highest BCUT2D eigenvalue weighted by molar-refractivity contribution is 7.14. The van der Waals surface area contributed by atoms with Crippen LogP contribution in [-0.4, -0.2) is 37.4 Å². The Labute approximate surface area is 210 Å². The minimum atomic E-state index is -1.01. The SMILES string of the molecule is COc1ccc(-c2csc(N3CCC(C(O)(c4ccccc4)c4ccccc4)CC3)n2)c(OC)c1. The van der Waals surface area contributed by atoms with Gasteiger partial charge in [-0.25, -0.2) is 4.98 Å². The van der Waals surface area contributed by atoms with Gasteiger partial charge in [0.25, 0.3) is 0 Å². The summed E-state index contributed by atoms with van der Waals surface area (Å²) in [6.45, 7) is 1.69. The van der Waals surface area contributed by atoms with Gasteiger partial charge >= 0.3 is 0 Å². The number of aromatic nitrogens is 1. The maximum absolute atomic E-state index is 12.1. The summed E-state index contributed by atoms with van der Waals surface area (Å²) in [6, 6.07) is 25.9. The van der Waals surface area contributed by atoms with Crippen molar-refractivity contribution in [1.82, 2.24) is 4.98 Å². The maximum atomic E-state index is 12.1. The minimum Gasteiger partial charge on any atom is -0.497 e. The number of hydrogen-bond acceptors (Lipinski definition) is 6. The molecule has 0 radical (unpaired) electrons. The number of benzene rings is 3. The van der Waals surface area contributed by atoms with E-state index < -0.39 is 5.60 Å². The number of nitrogens with zero attached hydrogens (tertiary/aromatic N) is 2. The lowest BCUT2D eigenvalue weighted by molar-refractivity contribution is 0.00505. The average molecular weight is 487 g/mol. The van der Waals surface area contributed by atoms with Gasteiger partial charge in [-0.15, -0.1) is 11.3 Å². The highest BCUT2D eigenvalue weighted by Crippen LogP contribution is 2.43. The van der Waals surface area contributed by atoms with Crippen LogP contribution in [0.3, 0.4) is 0 Å². The molecule has 0 aliphatic carbocycles. The second-order valence-corrected chi connectivity index (χ2v) is 9.68. The van der Waals surface area contributed by atoms with Gasteiger partial charge in [-0.1, -0.05) is 60.7 Å². The fourth-order valence-corrected chi connectivity index (χ4v) is 5.93. The van der Waals surface area contributed by atoms with E-state index in [0.717, 1.165) is 64.9 Å². The zero-order valence-electron chi connectivity index (χ0n) is 20.1. The van der Waals surface area contributed by atoms with Gasteiger partial charge in [-0.05, 0) is 42.0 Å². The Morgan fingerprint density at radius 2 is 1.51 bits per heavy atom. The van der Waals surface area contributed by atoms with Crippen LogP contribution in [0, 0.1) is 5.92 Å². The van der Waals surface area contributed by atoms with Crippen molar-refractivity contribution >= 4 is 16.5 Å². The number of hydrogen-bond donors (Lipinski definition) is 1. The van der Waals surface area contributed by atoms with Gasteiger partial charge in [-0.2, -0.15) is 0 Å². The van der Waals surface area contributed by atoms with Crippen LogP contribution < -0.4 is 14.4 Å². The predicted octanol–water partition coefficient (Wildman–Crippen LogP) is 5.98. The van der Waals surface area contributed by atoms with Crippen LogP contribution in [0.2, 0.25) is 0 Å². The smallest absolute Gasteiger partial charge is 0.185 e. The molecule has 5 nitrogen and oxygen atoms in total. The Morgan fingerprint density at radius 3 is 2.09 bits per heavy atom. The van der Waals surface area contributed by atoms with Crippen molar-refractivity contribution in [3.05, 3.63) is 95.4 Å². The first-order valence-corrected chi connectivity index (χ1v) is 12.8. The Morgan fingerprint density at radius 1 is 0.886 bits per heavy atom. The topological polar surface area (TPSA) is 54.8 Å². The van der Waals surface area contributed by atoms with E-state index in [1.165, 1.54) is 0 Å². The van der Waals surface area contributed by atoms with Crippen LogP contribution in [0.25, 0.3) is 11.3 Å². The van der Waals surface area contributed by atoms with Crippen LogP contribution in [0.1, 0.15) is 24.0 Å². The number of thiazole rings is 1.